The van der Waals surface area contributed by atoms with Gasteiger partial charge in [-0.15, -0.1) is 0 Å². The van der Waals surface area contributed by atoms with Gasteiger partial charge in [-0.25, -0.2) is 0 Å². The number of ether oxygens (including phenoxy) is 1. The second-order valence-electron chi connectivity index (χ2n) is 2.85. The van der Waals surface area contributed by atoms with E-state index in [1.54, 1.807) is 0 Å². The summed E-state index contributed by atoms with van der Waals surface area (Å²) in [4.78, 5) is 0. The molecule has 0 aliphatic carbocycles. The van der Waals surface area contributed by atoms with Crippen molar-refractivity contribution >= 4 is 34.8 Å². The first kappa shape index (κ1) is 12.9. The molecule has 0 saturated carbocycles. The van der Waals surface area contributed by atoms with Gasteiger partial charge in [0.1, 0.15) is 12.7 Å². The van der Waals surface area contributed by atoms with E-state index in [-0.39, 0.29) is 29.0 Å². The van der Waals surface area contributed by atoms with Crippen molar-refractivity contribution in [1.29, 1.82) is 0 Å². The zero-order chi connectivity index (χ0) is 11.4. The van der Waals surface area contributed by atoms with Crippen LogP contribution in [0.4, 0.5) is 0 Å². The van der Waals surface area contributed by atoms with Crippen LogP contribution in [0, 0.1) is 0 Å². The standard InChI is InChI=1S/C9H9Cl3O3/c10-5-1-7(11)9(8(12)2-5)15-4-6(14)3-13/h1-2,6,13-14H,3-4H2/t6-/m0/s1. The second kappa shape index (κ2) is 5.77. The highest BCUT2D eigenvalue weighted by Crippen LogP contribution is 2.35. The minimum atomic E-state index is -0.965. The summed E-state index contributed by atoms with van der Waals surface area (Å²) in [5.41, 5.74) is 0. The molecule has 6 heteroatoms. The lowest BCUT2D eigenvalue weighted by Crippen LogP contribution is -2.21. The molecule has 1 aromatic rings. The third kappa shape index (κ3) is 3.70. The van der Waals surface area contributed by atoms with Crippen molar-refractivity contribution < 1.29 is 14.9 Å². The Morgan fingerprint density at radius 2 is 1.73 bits per heavy atom. The number of hydrogen-bond acceptors (Lipinski definition) is 3. The van der Waals surface area contributed by atoms with Crippen molar-refractivity contribution in [3.63, 3.8) is 0 Å². The number of rotatable bonds is 4. The smallest absolute Gasteiger partial charge is 0.156 e. The molecule has 0 aromatic heterocycles. The van der Waals surface area contributed by atoms with Crippen LogP contribution < -0.4 is 4.74 Å². The van der Waals surface area contributed by atoms with Crippen molar-refractivity contribution in [2.75, 3.05) is 13.2 Å². The van der Waals surface area contributed by atoms with Crippen LogP contribution in [-0.4, -0.2) is 29.5 Å². The zero-order valence-corrected chi connectivity index (χ0v) is 9.85. The molecule has 1 aromatic carbocycles. The molecule has 1 atom stereocenters. The summed E-state index contributed by atoms with van der Waals surface area (Å²) in [6.07, 6.45) is -0.965. The van der Waals surface area contributed by atoms with Crippen molar-refractivity contribution in [3.05, 3.63) is 27.2 Å². The Labute approximate surface area is 102 Å². The lowest BCUT2D eigenvalue weighted by molar-refractivity contribution is 0.0537. The largest absolute Gasteiger partial charge is 0.488 e. The van der Waals surface area contributed by atoms with E-state index >= 15 is 0 Å². The Morgan fingerprint density at radius 3 is 2.20 bits per heavy atom. The fourth-order valence-corrected chi connectivity index (χ4v) is 1.83. The van der Waals surface area contributed by atoms with E-state index in [1.807, 2.05) is 0 Å². The van der Waals surface area contributed by atoms with Gasteiger partial charge in [-0.1, -0.05) is 34.8 Å². The Balaban J connectivity index is 2.77. The molecule has 0 bridgehead atoms. The normalized spacial score (nSPS) is 12.6. The highest BCUT2D eigenvalue weighted by molar-refractivity contribution is 6.40. The molecule has 0 saturated heterocycles. The first-order valence-corrected chi connectivity index (χ1v) is 5.24. The molecule has 3 nitrogen and oxygen atoms in total. The number of hydrogen-bond donors (Lipinski definition) is 2. The van der Waals surface area contributed by atoms with Gasteiger partial charge in [0.25, 0.3) is 0 Å². The molecule has 2 N–H and O–H groups in total. The zero-order valence-electron chi connectivity index (χ0n) is 7.58. The molecule has 0 spiro atoms. The van der Waals surface area contributed by atoms with Gasteiger partial charge in [0.05, 0.1) is 16.7 Å². The predicted molar refractivity (Wildman–Crippen MR) is 60.1 cm³/mol. The SMILES string of the molecule is OC[C@H](O)COc1c(Cl)cc(Cl)cc1Cl. The van der Waals surface area contributed by atoms with Crippen LogP contribution in [0.3, 0.4) is 0 Å². The van der Waals surface area contributed by atoms with Crippen molar-refractivity contribution in [1.82, 2.24) is 0 Å². The van der Waals surface area contributed by atoms with Crippen molar-refractivity contribution in [3.8, 4) is 5.75 Å². The van der Waals surface area contributed by atoms with Crippen LogP contribution in [0.1, 0.15) is 0 Å². The van der Waals surface area contributed by atoms with Gasteiger partial charge in [0.2, 0.25) is 0 Å². The maximum atomic E-state index is 9.07. The fourth-order valence-electron chi connectivity index (χ4n) is 0.899. The molecule has 0 unspecified atom stereocenters. The third-order valence-corrected chi connectivity index (χ3v) is 2.37. The van der Waals surface area contributed by atoms with Gasteiger partial charge in [-0.05, 0) is 12.1 Å². The average Bonchev–Trinajstić information content (AvgIpc) is 2.15. The molecule has 0 amide bonds. The maximum Gasteiger partial charge on any atom is 0.156 e. The van der Waals surface area contributed by atoms with E-state index in [2.05, 4.69) is 0 Å². The summed E-state index contributed by atoms with van der Waals surface area (Å²) < 4.78 is 5.14. The molecule has 15 heavy (non-hydrogen) atoms. The summed E-state index contributed by atoms with van der Waals surface area (Å²) >= 11 is 17.3. The quantitative estimate of drug-likeness (QED) is 0.884. The van der Waals surface area contributed by atoms with Crippen molar-refractivity contribution in [2.24, 2.45) is 0 Å². The molecule has 84 valence electrons. The fraction of sp³-hybridized carbons (Fsp3) is 0.333. The molecule has 1 rings (SSSR count). The van der Waals surface area contributed by atoms with E-state index in [4.69, 9.17) is 49.8 Å². The lowest BCUT2D eigenvalue weighted by atomic mass is 10.3. The second-order valence-corrected chi connectivity index (χ2v) is 4.10. The summed E-state index contributed by atoms with van der Waals surface area (Å²) in [5.74, 6) is 0.246. The average molecular weight is 272 g/mol. The van der Waals surface area contributed by atoms with E-state index in [0.717, 1.165) is 0 Å². The predicted octanol–water partition coefficient (Wildman–Crippen LogP) is 2.38. The van der Waals surface area contributed by atoms with Gasteiger partial charge < -0.3 is 14.9 Å². The van der Waals surface area contributed by atoms with Crippen LogP contribution in [0.25, 0.3) is 0 Å². The number of benzene rings is 1. The first-order chi connectivity index (χ1) is 7.04. The minimum Gasteiger partial charge on any atom is -0.488 e. The van der Waals surface area contributed by atoms with E-state index in [0.29, 0.717) is 5.02 Å². The maximum absolute atomic E-state index is 9.07. The van der Waals surface area contributed by atoms with Crippen LogP contribution in [-0.2, 0) is 0 Å². The molecular formula is C9H9Cl3O3. The Morgan fingerprint density at radius 1 is 1.20 bits per heavy atom. The molecule has 0 aliphatic heterocycles. The summed E-state index contributed by atoms with van der Waals surface area (Å²) in [6.45, 7) is -0.472. The Bertz CT molecular complexity index is 320. The van der Waals surface area contributed by atoms with Crippen LogP contribution in [0.15, 0.2) is 12.1 Å². The number of aliphatic hydroxyl groups excluding tert-OH is 2. The molecule has 0 heterocycles. The molecule has 0 radical (unpaired) electrons. The number of aliphatic hydroxyl groups is 2. The van der Waals surface area contributed by atoms with Crippen molar-refractivity contribution in [2.45, 2.75) is 6.10 Å². The molecule has 0 fully saturated rings. The topological polar surface area (TPSA) is 49.7 Å². The lowest BCUT2D eigenvalue weighted by Gasteiger charge is -2.12. The van der Waals surface area contributed by atoms with E-state index in [1.165, 1.54) is 12.1 Å². The van der Waals surface area contributed by atoms with Crippen LogP contribution in [0.2, 0.25) is 15.1 Å². The monoisotopic (exact) mass is 270 g/mol. The van der Waals surface area contributed by atoms with Gasteiger partial charge in [0.15, 0.2) is 5.75 Å². The number of halogens is 3. The summed E-state index contributed by atoms with van der Waals surface area (Å²) in [5, 5.41) is 18.6. The highest BCUT2D eigenvalue weighted by atomic mass is 35.5. The van der Waals surface area contributed by atoms with Crippen LogP contribution in [0.5, 0.6) is 5.75 Å². The summed E-state index contributed by atoms with van der Waals surface area (Å²) in [7, 11) is 0. The minimum absolute atomic E-state index is 0.0857. The van der Waals surface area contributed by atoms with Crippen LogP contribution >= 0.6 is 34.8 Å². The third-order valence-electron chi connectivity index (χ3n) is 1.59. The highest BCUT2D eigenvalue weighted by Gasteiger charge is 2.11. The Kier molecular flexibility index (Phi) is 4.96. The van der Waals surface area contributed by atoms with E-state index in [9.17, 15) is 0 Å². The molecule has 0 aliphatic rings. The van der Waals surface area contributed by atoms with Gasteiger partial charge >= 0.3 is 0 Å². The van der Waals surface area contributed by atoms with Gasteiger partial charge in [-0.3, -0.25) is 0 Å². The Hall–Kier alpha value is -0.190. The summed E-state index contributed by atoms with van der Waals surface area (Å²) in [6, 6.07) is 2.96. The molecular weight excluding hydrogens is 262 g/mol. The first-order valence-electron chi connectivity index (χ1n) is 4.11. The van der Waals surface area contributed by atoms with E-state index < -0.39 is 6.10 Å². The van der Waals surface area contributed by atoms with Gasteiger partial charge in [-0.2, -0.15) is 0 Å². The van der Waals surface area contributed by atoms with Gasteiger partial charge in [0, 0.05) is 5.02 Å².